The Hall–Kier alpha value is -1.65. The van der Waals surface area contributed by atoms with Crippen LogP contribution in [0.2, 0.25) is 0 Å². The van der Waals surface area contributed by atoms with Crippen LogP contribution in [0.5, 0.6) is 0 Å². The van der Waals surface area contributed by atoms with Crippen molar-refractivity contribution >= 4 is 5.91 Å². The van der Waals surface area contributed by atoms with Gasteiger partial charge >= 0.3 is 0 Å². The first-order chi connectivity index (χ1) is 6.02. The van der Waals surface area contributed by atoms with Gasteiger partial charge in [0.2, 0.25) is 0 Å². The summed E-state index contributed by atoms with van der Waals surface area (Å²) in [6, 6.07) is 2.74. The van der Waals surface area contributed by atoms with Crippen molar-refractivity contribution in [1.29, 1.82) is 0 Å². The predicted octanol–water partition coefficient (Wildman–Crippen LogP) is -0.518. The molecule has 0 atom stereocenters. The molecule has 1 aromatic heterocycles. The van der Waals surface area contributed by atoms with Gasteiger partial charge in [-0.15, -0.1) is 0 Å². The van der Waals surface area contributed by atoms with E-state index < -0.39 is 0 Å². The Morgan fingerprint density at radius 3 is 2.54 bits per heavy atom. The van der Waals surface area contributed by atoms with Crippen molar-refractivity contribution in [3.63, 3.8) is 0 Å². The summed E-state index contributed by atoms with van der Waals surface area (Å²) in [4.78, 5) is 23.7. The van der Waals surface area contributed by atoms with Crippen molar-refractivity contribution in [1.82, 2.24) is 14.7 Å². The summed E-state index contributed by atoms with van der Waals surface area (Å²) in [5.41, 5.74) is 0.0439. The van der Waals surface area contributed by atoms with E-state index >= 15 is 0 Å². The third-order valence-corrected chi connectivity index (χ3v) is 1.59. The lowest BCUT2D eigenvalue weighted by Gasteiger charge is -2.09. The van der Waals surface area contributed by atoms with Crippen LogP contribution in [0.4, 0.5) is 0 Å². The minimum atomic E-state index is -0.227. The van der Waals surface area contributed by atoms with E-state index in [9.17, 15) is 9.59 Å². The number of aryl methyl sites for hydroxylation is 1. The molecule has 0 aliphatic rings. The SMILES string of the molecule is CN(C)C(=O)c1ccc(=O)n(C)n1. The van der Waals surface area contributed by atoms with Crippen molar-refractivity contribution in [3.8, 4) is 0 Å². The van der Waals surface area contributed by atoms with Crippen LogP contribution in [0.25, 0.3) is 0 Å². The lowest BCUT2D eigenvalue weighted by molar-refractivity contribution is 0.0819. The molecule has 1 heterocycles. The molecule has 0 N–H and O–H groups in total. The summed E-state index contributed by atoms with van der Waals surface area (Å²) in [6.45, 7) is 0. The number of carbonyl (C=O) groups is 1. The van der Waals surface area contributed by atoms with Gasteiger partial charge in [-0.25, -0.2) is 4.68 Å². The fourth-order valence-corrected chi connectivity index (χ4v) is 0.845. The van der Waals surface area contributed by atoms with Gasteiger partial charge in [0.15, 0.2) is 0 Å². The van der Waals surface area contributed by atoms with Gasteiger partial charge in [-0.1, -0.05) is 0 Å². The summed E-state index contributed by atoms with van der Waals surface area (Å²) < 4.78 is 1.14. The first kappa shape index (κ1) is 9.44. The molecule has 0 saturated carbocycles. The number of hydrogen-bond acceptors (Lipinski definition) is 3. The minimum Gasteiger partial charge on any atom is -0.343 e. The highest BCUT2D eigenvalue weighted by Crippen LogP contribution is 1.93. The first-order valence-corrected chi connectivity index (χ1v) is 3.78. The van der Waals surface area contributed by atoms with Gasteiger partial charge < -0.3 is 4.90 Å². The van der Waals surface area contributed by atoms with E-state index in [4.69, 9.17) is 0 Å². The number of hydrogen-bond donors (Lipinski definition) is 0. The maximum Gasteiger partial charge on any atom is 0.273 e. The van der Waals surface area contributed by atoms with Crippen molar-refractivity contribution in [2.24, 2.45) is 7.05 Å². The molecule has 0 fully saturated rings. The Morgan fingerprint density at radius 2 is 2.08 bits per heavy atom. The van der Waals surface area contributed by atoms with Crippen molar-refractivity contribution < 1.29 is 4.79 Å². The second-order valence-electron chi connectivity index (χ2n) is 2.88. The number of aromatic nitrogens is 2. The second kappa shape index (κ2) is 3.38. The zero-order valence-electron chi connectivity index (χ0n) is 7.81. The van der Waals surface area contributed by atoms with E-state index in [1.807, 2.05) is 0 Å². The van der Waals surface area contributed by atoms with Gasteiger partial charge in [0, 0.05) is 27.2 Å². The highest BCUT2D eigenvalue weighted by Gasteiger charge is 2.09. The molecule has 13 heavy (non-hydrogen) atoms. The molecule has 0 spiro atoms. The molecule has 0 unspecified atom stereocenters. The Kier molecular flexibility index (Phi) is 2.46. The van der Waals surface area contributed by atoms with Crippen LogP contribution in [-0.4, -0.2) is 34.7 Å². The van der Waals surface area contributed by atoms with E-state index in [0.29, 0.717) is 0 Å². The van der Waals surface area contributed by atoms with E-state index in [0.717, 1.165) is 4.68 Å². The van der Waals surface area contributed by atoms with E-state index in [1.54, 1.807) is 14.1 Å². The van der Waals surface area contributed by atoms with Gasteiger partial charge in [-0.3, -0.25) is 9.59 Å². The fraction of sp³-hybridized carbons (Fsp3) is 0.375. The van der Waals surface area contributed by atoms with Gasteiger partial charge in [0.05, 0.1) is 0 Å². The van der Waals surface area contributed by atoms with Crippen molar-refractivity contribution in [3.05, 3.63) is 28.2 Å². The van der Waals surface area contributed by atoms with Gasteiger partial charge in [0.1, 0.15) is 5.69 Å². The molecule has 0 aromatic carbocycles. The van der Waals surface area contributed by atoms with Crippen LogP contribution in [0.3, 0.4) is 0 Å². The first-order valence-electron chi connectivity index (χ1n) is 3.78. The van der Waals surface area contributed by atoms with Gasteiger partial charge in [0.25, 0.3) is 11.5 Å². The standard InChI is InChI=1S/C8H11N3O2/c1-10(2)8(13)6-4-5-7(12)11(3)9-6/h4-5H,1-3H3. The fourth-order valence-electron chi connectivity index (χ4n) is 0.845. The molecule has 5 heteroatoms. The number of carbonyl (C=O) groups excluding carboxylic acids is 1. The highest BCUT2D eigenvalue weighted by molar-refractivity contribution is 5.91. The van der Waals surface area contributed by atoms with E-state index in [1.165, 1.54) is 24.1 Å². The third-order valence-electron chi connectivity index (χ3n) is 1.59. The summed E-state index contributed by atoms with van der Waals surface area (Å²) in [5.74, 6) is -0.212. The largest absolute Gasteiger partial charge is 0.343 e. The molecular weight excluding hydrogens is 170 g/mol. The lowest BCUT2D eigenvalue weighted by Crippen LogP contribution is -2.27. The van der Waals surface area contributed by atoms with Crippen LogP contribution in [-0.2, 0) is 7.05 Å². The molecule has 0 bridgehead atoms. The molecule has 0 aliphatic carbocycles. The summed E-state index contributed by atoms with van der Waals surface area (Å²) >= 11 is 0. The van der Waals surface area contributed by atoms with E-state index in [-0.39, 0.29) is 17.2 Å². The van der Waals surface area contributed by atoms with Gasteiger partial charge in [-0.2, -0.15) is 5.10 Å². The van der Waals surface area contributed by atoms with Crippen molar-refractivity contribution in [2.45, 2.75) is 0 Å². The smallest absolute Gasteiger partial charge is 0.273 e. The number of amides is 1. The van der Waals surface area contributed by atoms with Crippen LogP contribution in [0.15, 0.2) is 16.9 Å². The summed E-state index contributed by atoms with van der Waals surface area (Å²) in [5, 5.41) is 3.81. The molecule has 0 saturated heterocycles. The van der Waals surface area contributed by atoms with Crippen LogP contribution in [0.1, 0.15) is 10.5 Å². The maximum atomic E-state index is 11.4. The zero-order chi connectivity index (χ0) is 10.0. The molecule has 0 radical (unpaired) electrons. The van der Waals surface area contributed by atoms with Crippen LogP contribution < -0.4 is 5.56 Å². The van der Waals surface area contributed by atoms with Crippen LogP contribution >= 0.6 is 0 Å². The number of nitrogens with zero attached hydrogens (tertiary/aromatic N) is 3. The minimum absolute atomic E-state index is 0.212. The third kappa shape index (κ3) is 1.93. The van der Waals surface area contributed by atoms with Gasteiger partial charge in [-0.05, 0) is 6.07 Å². The highest BCUT2D eigenvalue weighted by atomic mass is 16.2. The monoisotopic (exact) mass is 181 g/mol. The quantitative estimate of drug-likeness (QED) is 0.586. The molecular formula is C8H11N3O2. The molecule has 1 aromatic rings. The average molecular weight is 181 g/mol. The number of rotatable bonds is 1. The Bertz CT molecular complexity index is 381. The molecule has 1 rings (SSSR count). The normalized spacial score (nSPS) is 9.77. The molecule has 1 amide bonds. The average Bonchev–Trinajstić information content (AvgIpc) is 2.08. The van der Waals surface area contributed by atoms with Crippen molar-refractivity contribution in [2.75, 3.05) is 14.1 Å². The Balaban J connectivity index is 3.11. The molecule has 0 aliphatic heterocycles. The van der Waals surface area contributed by atoms with E-state index in [2.05, 4.69) is 5.10 Å². The maximum absolute atomic E-state index is 11.4. The van der Waals surface area contributed by atoms with Crippen LogP contribution in [0, 0.1) is 0 Å². The lowest BCUT2D eigenvalue weighted by atomic mass is 10.3. The summed E-state index contributed by atoms with van der Waals surface area (Å²) in [6.07, 6.45) is 0. The Labute approximate surface area is 75.6 Å². The topological polar surface area (TPSA) is 55.2 Å². The second-order valence-corrected chi connectivity index (χ2v) is 2.88. The Morgan fingerprint density at radius 1 is 1.46 bits per heavy atom. The molecule has 70 valence electrons. The summed E-state index contributed by atoms with van der Waals surface area (Å²) in [7, 11) is 4.78. The zero-order valence-corrected chi connectivity index (χ0v) is 7.81. The predicted molar refractivity (Wildman–Crippen MR) is 47.5 cm³/mol. The molecule has 5 nitrogen and oxygen atoms in total.